The molecule has 8 nitrogen and oxygen atoms in total. The molecule has 3 aromatic carbocycles. The number of nitro benzene ring substituents is 1. The Bertz CT molecular complexity index is 1090. The van der Waals surface area contributed by atoms with E-state index in [1.807, 2.05) is 0 Å². The van der Waals surface area contributed by atoms with Crippen molar-refractivity contribution < 1.29 is 23.6 Å². The molecule has 0 aliphatic carbocycles. The van der Waals surface area contributed by atoms with Gasteiger partial charge >= 0.3 is 5.97 Å². The largest absolute Gasteiger partial charge is 0.423 e. The molecule has 9 heteroatoms. The fourth-order valence-electron chi connectivity index (χ4n) is 2.34. The first kappa shape index (κ1) is 20.3. The van der Waals surface area contributed by atoms with Gasteiger partial charge in [-0.2, -0.15) is 5.10 Å². The molecule has 0 saturated heterocycles. The zero-order valence-corrected chi connectivity index (χ0v) is 15.3. The molecule has 0 aromatic heterocycles. The molecule has 3 aromatic rings. The zero-order valence-electron chi connectivity index (χ0n) is 15.3. The molecule has 0 fully saturated rings. The Hall–Kier alpha value is -4.40. The predicted octanol–water partition coefficient (Wildman–Crippen LogP) is 3.72. The standard InChI is InChI=1S/C21H14FN3O5/c22-17-7-3-15(4-8-17)20(26)24-23-13-14-1-11-19(12-2-14)30-21(27)16-5-9-18(10-6-16)25(28)29/h1-13H,(H,24,26)/b23-13-. The van der Waals surface area contributed by atoms with E-state index in [2.05, 4.69) is 10.5 Å². The van der Waals surface area contributed by atoms with E-state index in [0.29, 0.717) is 5.56 Å². The molecular formula is C21H14FN3O5. The van der Waals surface area contributed by atoms with Crippen molar-refractivity contribution >= 4 is 23.8 Å². The molecule has 3 rings (SSSR count). The number of amides is 1. The lowest BCUT2D eigenvalue weighted by atomic mass is 10.2. The van der Waals surface area contributed by atoms with Crippen molar-refractivity contribution in [1.82, 2.24) is 5.43 Å². The highest BCUT2D eigenvalue weighted by atomic mass is 19.1. The average Bonchev–Trinajstić information content (AvgIpc) is 2.75. The highest BCUT2D eigenvalue weighted by molar-refractivity contribution is 5.95. The molecule has 1 N–H and O–H groups in total. The summed E-state index contributed by atoms with van der Waals surface area (Å²) in [5.74, 6) is -1.31. The second-order valence-corrected chi connectivity index (χ2v) is 5.97. The van der Waals surface area contributed by atoms with Crippen molar-refractivity contribution in [2.45, 2.75) is 0 Å². The minimum absolute atomic E-state index is 0.123. The van der Waals surface area contributed by atoms with Crippen LogP contribution in [0.15, 0.2) is 77.9 Å². The number of nitro groups is 1. The van der Waals surface area contributed by atoms with Crippen LogP contribution >= 0.6 is 0 Å². The van der Waals surface area contributed by atoms with Crippen molar-refractivity contribution in [3.8, 4) is 5.75 Å². The summed E-state index contributed by atoms with van der Waals surface area (Å²) in [6.45, 7) is 0. The van der Waals surface area contributed by atoms with Crippen molar-refractivity contribution in [3.63, 3.8) is 0 Å². The van der Waals surface area contributed by atoms with Crippen LogP contribution in [0, 0.1) is 15.9 Å². The summed E-state index contributed by atoms with van der Waals surface area (Å²) in [5.41, 5.74) is 3.27. The summed E-state index contributed by atoms with van der Waals surface area (Å²) in [5, 5.41) is 14.5. The van der Waals surface area contributed by atoms with Gasteiger partial charge in [0.2, 0.25) is 0 Å². The summed E-state index contributed by atoms with van der Waals surface area (Å²) in [4.78, 5) is 34.1. The lowest BCUT2D eigenvalue weighted by Gasteiger charge is -2.04. The van der Waals surface area contributed by atoms with Crippen molar-refractivity contribution in [2.75, 3.05) is 0 Å². The third kappa shape index (κ3) is 5.32. The van der Waals surface area contributed by atoms with Gasteiger partial charge in [-0.15, -0.1) is 0 Å². The average molecular weight is 407 g/mol. The maximum Gasteiger partial charge on any atom is 0.343 e. The Balaban J connectivity index is 1.55. The number of benzene rings is 3. The summed E-state index contributed by atoms with van der Waals surface area (Å²) in [6, 6.07) is 16.4. The Morgan fingerprint density at radius 3 is 2.13 bits per heavy atom. The van der Waals surface area contributed by atoms with Crippen molar-refractivity contribution in [1.29, 1.82) is 0 Å². The Labute approximate surface area is 169 Å². The van der Waals surface area contributed by atoms with Crippen molar-refractivity contribution in [3.05, 3.63) is 105 Å². The maximum atomic E-state index is 12.9. The number of hydrazone groups is 1. The number of esters is 1. The molecule has 0 unspecified atom stereocenters. The number of carbonyl (C=O) groups is 2. The molecule has 0 bridgehead atoms. The second-order valence-electron chi connectivity index (χ2n) is 5.97. The lowest BCUT2D eigenvalue weighted by Crippen LogP contribution is -2.17. The van der Waals surface area contributed by atoms with Crippen LogP contribution in [-0.4, -0.2) is 23.0 Å². The number of rotatable bonds is 6. The van der Waals surface area contributed by atoms with Gasteiger partial charge in [-0.05, 0) is 66.2 Å². The maximum absolute atomic E-state index is 12.9. The minimum atomic E-state index is -0.655. The van der Waals surface area contributed by atoms with E-state index in [-0.39, 0.29) is 22.6 Å². The fraction of sp³-hybridized carbons (Fsp3) is 0. The Kier molecular flexibility index (Phi) is 6.23. The van der Waals surface area contributed by atoms with E-state index in [1.54, 1.807) is 12.1 Å². The van der Waals surface area contributed by atoms with E-state index in [4.69, 9.17) is 4.74 Å². The van der Waals surface area contributed by atoms with Gasteiger partial charge in [0.25, 0.3) is 11.6 Å². The van der Waals surface area contributed by atoms with Crippen LogP contribution in [0.1, 0.15) is 26.3 Å². The topological polar surface area (TPSA) is 111 Å². The minimum Gasteiger partial charge on any atom is -0.423 e. The molecule has 30 heavy (non-hydrogen) atoms. The molecular weight excluding hydrogens is 393 g/mol. The Morgan fingerprint density at radius 2 is 1.53 bits per heavy atom. The van der Waals surface area contributed by atoms with Crippen LogP contribution in [-0.2, 0) is 0 Å². The second kappa shape index (κ2) is 9.20. The molecule has 0 radical (unpaired) electrons. The zero-order chi connectivity index (χ0) is 21.5. The fourth-order valence-corrected chi connectivity index (χ4v) is 2.34. The van der Waals surface area contributed by atoms with Gasteiger partial charge in [0.15, 0.2) is 0 Å². The van der Waals surface area contributed by atoms with Gasteiger partial charge in [-0.1, -0.05) is 0 Å². The number of non-ortho nitro benzene ring substituents is 1. The van der Waals surface area contributed by atoms with E-state index in [0.717, 1.165) is 0 Å². The molecule has 0 heterocycles. The van der Waals surface area contributed by atoms with Gasteiger partial charge in [0, 0.05) is 17.7 Å². The van der Waals surface area contributed by atoms with Crippen LogP contribution < -0.4 is 10.2 Å². The predicted molar refractivity (Wildman–Crippen MR) is 106 cm³/mol. The third-order valence-electron chi connectivity index (χ3n) is 3.89. The van der Waals surface area contributed by atoms with Crippen molar-refractivity contribution in [2.24, 2.45) is 5.10 Å². The molecule has 1 amide bonds. The number of halogens is 1. The van der Waals surface area contributed by atoms with Gasteiger partial charge in [0.05, 0.1) is 16.7 Å². The van der Waals surface area contributed by atoms with Crippen LogP contribution in [0.5, 0.6) is 5.75 Å². The number of hydrogen-bond donors (Lipinski definition) is 1. The van der Waals surface area contributed by atoms with E-state index < -0.39 is 22.6 Å². The SMILES string of the molecule is O=C(N/N=C\c1ccc(OC(=O)c2ccc([N+](=O)[O-])cc2)cc1)c1ccc(F)cc1. The molecule has 0 aliphatic heterocycles. The Morgan fingerprint density at radius 1 is 0.933 bits per heavy atom. The van der Waals surface area contributed by atoms with Gasteiger partial charge in [-0.3, -0.25) is 14.9 Å². The first-order valence-corrected chi connectivity index (χ1v) is 8.58. The van der Waals surface area contributed by atoms with E-state index in [1.165, 1.54) is 66.9 Å². The highest BCUT2D eigenvalue weighted by Crippen LogP contribution is 2.16. The molecule has 0 atom stereocenters. The summed E-state index contributed by atoms with van der Waals surface area (Å²) >= 11 is 0. The summed E-state index contributed by atoms with van der Waals surface area (Å²) in [6.07, 6.45) is 1.39. The van der Waals surface area contributed by atoms with Crippen LogP contribution in [0.4, 0.5) is 10.1 Å². The quantitative estimate of drug-likeness (QED) is 0.220. The number of hydrogen-bond acceptors (Lipinski definition) is 6. The van der Waals surface area contributed by atoms with Gasteiger partial charge in [0.1, 0.15) is 11.6 Å². The smallest absolute Gasteiger partial charge is 0.343 e. The monoisotopic (exact) mass is 407 g/mol. The number of nitrogens with one attached hydrogen (secondary N) is 1. The summed E-state index contributed by atoms with van der Waals surface area (Å²) < 4.78 is 18.1. The first-order chi connectivity index (χ1) is 14.4. The normalized spacial score (nSPS) is 10.6. The van der Waals surface area contributed by atoms with E-state index in [9.17, 15) is 24.1 Å². The first-order valence-electron chi connectivity index (χ1n) is 8.58. The van der Waals surface area contributed by atoms with Gasteiger partial charge in [-0.25, -0.2) is 14.6 Å². The number of ether oxygens (including phenoxy) is 1. The lowest BCUT2D eigenvalue weighted by molar-refractivity contribution is -0.384. The number of carbonyl (C=O) groups excluding carboxylic acids is 2. The van der Waals surface area contributed by atoms with E-state index >= 15 is 0 Å². The van der Waals surface area contributed by atoms with Crippen LogP contribution in [0.2, 0.25) is 0 Å². The van der Waals surface area contributed by atoms with Gasteiger partial charge < -0.3 is 4.74 Å². The summed E-state index contributed by atoms with van der Waals surface area (Å²) in [7, 11) is 0. The van der Waals surface area contributed by atoms with Crippen LogP contribution in [0.3, 0.4) is 0 Å². The molecule has 0 spiro atoms. The number of nitrogens with zero attached hydrogens (tertiary/aromatic N) is 2. The van der Waals surface area contributed by atoms with Crippen LogP contribution in [0.25, 0.3) is 0 Å². The molecule has 0 saturated carbocycles. The highest BCUT2D eigenvalue weighted by Gasteiger charge is 2.11. The third-order valence-corrected chi connectivity index (χ3v) is 3.89. The molecule has 150 valence electrons. The molecule has 0 aliphatic rings.